The van der Waals surface area contributed by atoms with Gasteiger partial charge in [-0.25, -0.2) is 4.39 Å². The van der Waals surface area contributed by atoms with Crippen molar-refractivity contribution in [1.82, 2.24) is 0 Å². The molecule has 0 bridgehead atoms. The van der Waals surface area contributed by atoms with Gasteiger partial charge in [0.15, 0.2) is 0 Å². The number of para-hydroxylation sites is 1. The number of fused-ring (bicyclic) bond motifs is 1. The first-order valence-corrected chi connectivity index (χ1v) is 10.6. The first-order chi connectivity index (χ1) is 15.1. The summed E-state index contributed by atoms with van der Waals surface area (Å²) in [5.41, 5.74) is 9.92. The van der Waals surface area contributed by atoms with Gasteiger partial charge in [-0.3, -0.25) is 4.79 Å². The van der Waals surface area contributed by atoms with E-state index in [4.69, 9.17) is 10.5 Å². The Hall–Kier alpha value is -3.02. The second kappa shape index (κ2) is 9.86. The Morgan fingerprint density at radius 3 is 2.55 bits per heavy atom. The molecule has 0 fully saturated rings. The maximum Gasteiger partial charge on any atom is 0.228 e. The van der Waals surface area contributed by atoms with Gasteiger partial charge in [0.05, 0.1) is 19.3 Å². The van der Waals surface area contributed by atoms with Crippen LogP contribution in [0.4, 0.5) is 10.1 Å². The van der Waals surface area contributed by atoms with E-state index in [1.165, 1.54) is 6.07 Å². The highest BCUT2D eigenvalue weighted by Gasteiger charge is 2.34. The van der Waals surface area contributed by atoms with Crippen molar-refractivity contribution in [2.45, 2.75) is 38.0 Å². The minimum absolute atomic E-state index is 0.0536. The van der Waals surface area contributed by atoms with Gasteiger partial charge in [0.1, 0.15) is 5.82 Å². The van der Waals surface area contributed by atoms with Crippen LogP contribution in [0.25, 0.3) is 0 Å². The van der Waals surface area contributed by atoms with Crippen LogP contribution in [-0.2, 0) is 29.0 Å². The Labute approximate surface area is 182 Å². The van der Waals surface area contributed by atoms with Crippen LogP contribution in [0.2, 0.25) is 0 Å². The maximum absolute atomic E-state index is 14.0. The van der Waals surface area contributed by atoms with Crippen LogP contribution >= 0.6 is 0 Å². The van der Waals surface area contributed by atoms with Crippen molar-refractivity contribution in [3.05, 3.63) is 101 Å². The lowest BCUT2D eigenvalue weighted by Gasteiger charge is -2.27. The Morgan fingerprint density at radius 1 is 1.03 bits per heavy atom. The van der Waals surface area contributed by atoms with Crippen molar-refractivity contribution < 1.29 is 13.9 Å². The minimum atomic E-state index is -0.456. The van der Waals surface area contributed by atoms with Crippen molar-refractivity contribution in [3.63, 3.8) is 0 Å². The Bertz CT molecular complexity index is 1020. The number of carbonyl (C=O) groups excluding carboxylic acids is 1. The van der Waals surface area contributed by atoms with Crippen LogP contribution in [0, 0.1) is 5.82 Å². The molecule has 2 atom stereocenters. The summed E-state index contributed by atoms with van der Waals surface area (Å²) in [5.74, 6) is -0.341. The van der Waals surface area contributed by atoms with E-state index < -0.39 is 6.04 Å². The van der Waals surface area contributed by atoms with E-state index in [9.17, 15) is 9.18 Å². The molecule has 3 aromatic rings. The number of nitrogens with two attached hydrogens (primary N) is 1. The molecule has 2 unspecified atom stereocenters. The highest BCUT2D eigenvalue weighted by atomic mass is 19.1. The van der Waals surface area contributed by atoms with Gasteiger partial charge < -0.3 is 15.4 Å². The second-order valence-corrected chi connectivity index (χ2v) is 8.01. The number of nitrogens with zero attached hydrogens (tertiary/aromatic N) is 1. The zero-order chi connectivity index (χ0) is 21.6. The average molecular weight is 419 g/mol. The molecule has 0 radical (unpaired) electrons. The zero-order valence-corrected chi connectivity index (χ0v) is 17.4. The fourth-order valence-corrected chi connectivity index (χ4v) is 4.16. The number of carbonyl (C=O) groups is 1. The fourth-order valence-electron chi connectivity index (χ4n) is 4.16. The number of ether oxygens (including phenoxy) is 1. The molecule has 0 aromatic heterocycles. The predicted molar refractivity (Wildman–Crippen MR) is 120 cm³/mol. The number of amides is 1. The number of anilines is 1. The van der Waals surface area contributed by atoms with E-state index in [0.717, 1.165) is 23.2 Å². The SMILES string of the molecule is NC(CC(=O)N1c2ccccc2CC1COCc1ccccc1)Cc1ccccc1F. The number of hydrogen-bond acceptors (Lipinski definition) is 3. The normalized spacial score (nSPS) is 16.2. The summed E-state index contributed by atoms with van der Waals surface area (Å²) in [5, 5.41) is 0. The predicted octanol–water partition coefficient (Wildman–Crippen LogP) is 4.26. The molecule has 1 aliphatic heterocycles. The van der Waals surface area contributed by atoms with Crippen molar-refractivity contribution in [1.29, 1.82) is 0 Å². The van der Waals surface area contributed by atoms with E-state index in [1.807, 2.05) is 59.5 Å². The van der Waals surface area contributed by atoms with Crippen molar-refractivity contribution >= 4 is 11.6 Å². The summed E-state index contributed by atoms with van der Waals surface area (Å²) in [6, 6.07) is 23.9. The van der Waals surface area contributed by atoms with Crippen LogP contribution in [0.5, 0.6) is 0 Å². The standard InChI is InChI=1S/C26H27FN2O2/c27-24-12-6-4-10-20(24)14-22(28)16-26(30)29-23(15-21-11-5-7-13-25(21)29)18-31-17-19-8-2-1-3-9-19/h1-13,22-23H,14-18,28H2. The molecule has 0 aliphatic carbocycles. The fraction of sp³-hybridized carbons (Fsp3) is 0.269. The third-order valence-electron chi connectivity index (χ3n) is 5.64. The molecular formula is C26H27FN2O2. The summed E-state index contributed by atoms with van der Waals surface area (Å²) < 4.78 is 19.9. The topological polar surface area (TPSA) is 55.6 Å². The summed E-state index contributed by atoms with van der Waals surface area (Å²) in [6.07, 6.45) is 1.22. The summed E-state index contributed by atoms with van der Waals surface area (Å²) >= 11 is 0. The molecule has 1 aliphatic rings. The number of hydrogen-bond donors (Lipinski definition) is 1. The molecule has 1 amide bonds. The second-order valence-electron chi connectivity index (χ2n) is 8.01. The van der Waals surface area contributed by atoms with E-state index in [0.29, 0.717) is 25.2 Å². The average Bonchev–Trinajstić information content (AvgIpc) is 3.14. The van der Waals surface area contributed by atoms with Crippen LogP contribution < -0.4 is 10.6 Å². The van der Waals surface area contributed by atoms with E-state index in [1.54, 1.807) is 18.2 Å². The van der Waals surface area contributed by atoms with Crippen LogP contribution in [0.15, 0.2) is 78.9 Å². The summed E-state index contributed by atoms with van der Waals surface area (Å²) in [4.78, 5) is 15.1. The maximum atomic E-state index is 14.0. The van der Waals surface area contributed by atoms with Crippen LogP contribution in [-0.4, -0.2) is 24.6 Å². The molecule has 0 saturated heterocycles. The third-order valence-corrected chi connectivity index (χ3v) is 5.64. The van der Waals surface area contributed by atoms with E-state index in [2.05, 4.69) is 0 Å². The first-order valence-electron chi connectivity index (χ1n) is 10.6. The van der Waals surface area contributed by atoms with Gasteiger partial charge in [-0.1, -0.05) is 66.7 Å². The molecule has 1 heterocycles. The van der Waals surface area contributed by atoms with Gasteiger partial charge in [-0.2, -0.15) is 0 Å². The van der Waals surface area contributed by atoms with Gasteiger partial charge in [0.2, 0.25) is 5.91 Å². The molecule has 3 aromatic carbocycles. The molecule has 0 spiro atoms. The summed E-state index contributed by atoms with van der Waals surface area (Å²) in [7, 11) is 0. The highest BCUT2D eigenvalue weighted by Crippen LogP contribution is 2.33. The third kappa shape index (κ3) is 5.19. The quantitative estimate of drug-likeness (QED) is 0.595. The van der Waals surface area contributed by atoms with Crippen molar-refractivity contribution in [2.75, 3.05) is 11.5 Å². The monoisotopic (exact) mass is 418 g/mol. The number of rotatable bonds is 8. The molecule has 4 nitrogen and oxygen atoms in total. The molecular weight excluding hydrogens is 391 g/mol. The highest BCUT2D eigenvalue weighted by molar-refractivity contribution is 5.96. The molecule has 31 heavy (non-hydrogen) atoms. The largest absolute Gasteiger partial charge is 0.375 e. The Kier molecular flexibility index (Phi) is 6.75. The van der Waals surface area contributed by atoms with E-state index >= 15 is 0 Å². The van der Waals surface area contributed by atoms with Gasteiger partial charge in [0, 0.05) is 18.2 Å². The van der Waals surface area contributed by atoms with Crippen LogP contribution in [0.1, 0.15) is 23.1 Å². The number of benzene rings is 3. The molecule has 0 saturated carbocycles. The van der Waals surface area contributed by atoms with Gasteiger partial charge in [-0.15, -0.1) is 0 Å². The first kappa shape index (κ1) is 21.2. The van der Waals surface area contributed by atoms with E-state index in [-0.39, 0.29) is 24.2 Å². The molecule has 5 heteroatoms. The lowest BCUT2D eigenvalue weighted by atomic mass is 10.0. The zero-order valence-electron chi connectivity index (χ0n) is 17.4. The van der Waals surface area contributed by atoms with Crippen molar-refractivity contribution in [3.8, 4) is 0 Å². The van der Waals surface area contributed by atoms with Crippen molar-refractivity contribution in [2.24, 2.45) is 5.73 Å². The lowest BCUT2D eigenvalue weighted by Crippen LogP contribution is -2.43. The van der Waals surface area contributed by atoms with Gasteiger partial charge in [0.25, 0.3) is 0 Å². The Morgan fingerprint density at radius 2 is 1.74 bits per heavy atom. The molecule has 2 N–H and O–H groups in total. The van der Waals surface area contributed by atoms with Crippen LogP contribution in [0.3, 0.4) is 0 Å². The molecule has 160 valence electrons. The number of halogens is 1. The van der Waals surface area contributed by atoms with Gasteiger partial charge in [-0.05, 0) is 41.7 Å². The minimum Gasteiger partial charge on any atom is -0.375 e. The molecule has 4 rings (SSSR count). The van der Waals surface area contributed by atoms with Gasteiger partial charge >= 0.3 is 0 Å². The Balaban J connectivity index is 1.42. The summed E-state index contributed by atoms with van der Waals surface area (Å²) in [6.45, 7) is 0.945. The lowest BCUT2D eigenvalue weighted by molar-refractivity contribution is -0.119. The smallest absolute Gasteiger partial charge is 0.228 e.